The highest BCUT2D eigenvalue weighted by Crippen LogP contribution is 2.30. The Bertz CT molecular complexity index is 1100. The number of para-hydroxylation sites is 2. The third kappa shape index (κ3) is 9.58. The molecule has 0 unspecified atom stereocenters. The van der Waals surface area contributed by atoms with Gasteiger partial charge in [-0.05, 0) is 49.2 Å². The molecular formula is C32H40N2O4. The Labute approximate surface area is 226 Å². The molecule has 0 aliphatic carbocycles. The summed E-state index contributed by atoms with van der Waals surface area (Å²) in [4.78, 5) is 9.09. The Hall–Kier alpha value is -3.80. The summed E-state index contributed by atoms with van der Waals surface area (Å²) in [5, 5.41) is 20.9. The number of aliphatic imine (C=N–C) groups is 2. The first-order chi connectivity index (χ1) is 18.6. The lowest BCUT2D eigenvalue weighted by Gasteiger charge is -2.08. The summed E-state index contributed by atoms with van der Waals surface area (Å²) in [5.74, 6) is 1.51. The number of benzene rings is 3. The van der Waals surface area contributed by atoms with E-state index in [1.807, 2.05) is 36.4 Å². The largest absolute Gasteiger partial charge is 0.507 e. The molecule has 0 amide bonds. The molecule has 38 heavy (non-hydrogen) atoms. The van der Waals surface area contributed by atoms with Crippen LogP contribution < -0.4 is 9.47 Å². The van der Waals surface area contributed by atoms with E-state index in [9.17, 15) is 10.2 Å². The molecule has 0 spiro atoms. The summed E-state index contributed by atoms with van der Waals surface area (Å²) in [6, 6.07) is 18.0. The maximum Gasteiger partial charge on any atom is 0.128 e. The summed E-state index contributed by atoms with van der Waals surface area (Å²) in [6.45, 7) is 5.64. The maximum absolute atomic E-state index is 10.4. The molecular weight excluding hydrogens is 476 g/mol. The summed E-state index contributed by atoms with van der Waals surface area (Å²) in [7, 11) is 0. The smallest absolute Gasteiger partial charge is 0.128 e. The van der Waals surface area contributed by atoms with Gasteiger partial charge in [-0.3, -0.25) is 9.98 Å². The fraction of sp³-hybridized carbons (Fsp3) is 0.375. The van der Waals surface area contributed by atoms with Gasteiger partial charge in [0.05, 0.1) is 24.6 Å². The second-order valence-corrected chi connectivity index (χ2v) is 9.26. The van der Waals surface area contributed by atoms with Crippen molar-refractivity contribution in [1.29, 1.82) is 0 Å². The van der Waals surface area contributed by atoms with Gasteiger partial charge >= 0.3 is 0 Å². The minimum atomic E-state index is 0.110. The number of aromatic hydroxyl groups is 2. The van der Waals surface area contributed by atoms with E-state index in [0.29, 0.717) is 47.2 Å². The molecule has 0 fully saturated rings. The number of hydrogen-bond acceptors (Lipinski definition) is 6. The van der Waals surface area contributed by atoms with Crippen molar-refractivity contribution >= 4 is 23.8 Å². The van der Waals surface area contributed by atoms with Gasteiger partial charge in [-0.1, -0.05) is 64.5 Å². The molecule has 6 nitrogen and oxygen atoms in total. The molecule has 2 N–H and O–H groups in total. The third-order valence-electron chi connectivity index (χ3n) is 6.10. The fourth-order valence-electron chi connectivity index (χ4n) is 3.84. The zero-order valence-corrected chi connectivity index (χ0v) is 22.6. The van der Waals surface area contributed by atoms with Gasteiger partial charge in [-0.25, -0.2) is 0 Å². The zero-order valence-electron chi connectivity index (χ0n) is 22.6. The zero-order chi connectivity index (χ0) is 27.0. The number of phenols is 2. The number of phenolic OH excluding ortho intramolecular Hbond substituents is 2. The summed E-state index contributed by atoms with van der Waals surface area (Å²) < 4.78 is 11.5. The van der Waals surface area contributed by atoms with E-state index in [-0.39, 0.29) is 11.5 Å². The molecule has 0 radical (unpaired) electrons. The van der Waals surface area contributed by atoms with Crippen molar-refractivity contribution in [3.05, 3.63) is 71.8 Å². The van der Waals surface area contributed by atoms with Crippen LogP contribution in [-0.4, -0.2) is 35.9 Å². The highest BCUT2D eigenvalue weighted by atomic mass is 16.5. The number of nitrogens with zero attached hydrogens (tertiary/aromatic N) is 2. The molecule has 3 aromatic carbocycles. The summed E-state index contributed by atoms with van der Waals surface area (Å²) in [5.41, 5.74) is 2.46. The van der Waals surface area contributed by atoms with Crippen molar-refractivity contribution in [2.75, 3.05) is 13.2 Å². The van der Waals surface area contributed by atoms with Crippen LogP contribution in [0, 0.1) is 0 Å². The fourth-order valence-corrected chi connectivity index (χ4v) is 3.84. The standard InChI is InChI=1S/C32H40N2O4/c1-3-5-7-11-19-37-27-17-15-25(31(35)21-27)23-33-29-13-9-10-14-30(29)34-24-26-16-18-28(22-32(26)36)38-20-12-8-6-4-2/h9-10,13-18,21-24,35-36H,3-8,11-12,19-20H2,1-2H3. The van der Waals surface area contributed by atoms with Crippen LogP contribution in [0.5, 0.6) is 23.0 Å². The van der Waals surface area contributed by atoms with E-state index in [4.69, 9.17) is 9.47 Å². The van der Waals surface area contributed by atoms with Crippen molar-refractivity contribution in [3.8, 4) is 23.0 Å². The lowest BCUT2D eigenvalue weighted by atomic mass is 10.2. The molecule has 0 aliphatic heterocycles. The van der Waals surface area contributed by atoms with Crippen LogP contribution in [-0.2, 0) is 0 Å². The van der Waals surface area contributed by atoms with E-state index in [1.165, 1.54) is 25.7 Å². The molecule has 0 aromatic heterocycles. The second-order valence-electron chi connectivity index (χ2n) is 9.26. The van der Waals surface area contributed by atoms with Crippen LogP contribution in [0.4, 0.5) is 11.4 Å². The van der Waals surface area contributed by atoms with Crippen LogP contribution in [0.15, 0.2) is 70.6 Å². The minimum absolute atomic E-state index is 0.110. The molecule has 202 valence electrons. The van der Waals surface area contributed by atoms with E-state index in [1.54, 1.807) is 36.7 Å². The Morgan fingerprint density at radius 3 is 1.45 bits per heavy atom. The second kappa shape index (κ2) is 16.1. The predicted molar refractivity (Wildman–Crippen MR) is 156 cm³/mol. The molecule has 0 bridgehead atoms. The van der Waals surface area contributed by atoms with Crippen LogP contribution in [0.1, 0.15) is 76.3 Å². The van der Waals surface area contributed by atoms with Crippen LogP contribution in [0.25, 0.3) is 0 Å². The first-order valence-electron chi connectivity index (χ1n) is 13.7. The molecule has 0 aliphatic rings. The molecule has 6 heteroatoms. The Morgan fingerprint density at radius 1 is 0.605 bits per heavy atom. The topological polar surface area (TPSA) is 83.6 Å². The van der Waals surface area contributed by atoms with Crippen LogP contribution >= 0.6 is 0 Å². The lowest BCUT2D eigenvalue weighted by molar-refractivity contribution is 0.303. The van der Waals surface area contributed by atoms with Crippen molar-refractivity contribution in [3.63, 3.8) is 0 Å². The normalized spacial score (nSPS) is 11.4. The van der Waals surface area contributed by atoms with E-state index >= 15 is 0 Å². The monoisotopic (exact) mass is 516 g/mol. The highest BCUT2D eigenvalue weighted by molar-refractivity contribution is 5.89. The van der Waals surface area contributed by atoms with Gasteiger partial charge in [0.15, 0.2) is 0 Å². The van der Waals surface area contributed by atoms with Gasteiger partial charge in [0.25, 0.3) is 0 Å². The first kappa shape index (κ1) is 28.8. The SMILES string of the molecule is CCCCCCOc1ccc(C=Nc2ccccc2N=Cc2ccc(OCCCCCC)cc2O)c(O)c1. The van der Waals surface area contributed by atoms with Crippen LogP contribution in [0.3, 0.4) is 0 Å². The quantitative estimate of drug-likeness (QED) is 0.148. The number of rotatable bonds is 16. The average Bonchev–Trinajstić information content (AvgIpc) is 2.92. The van der Waals surface area contributed by atoms with Crippen molar-refractivity contribution in [2.24, 2.45) is 9.98 Å². The highest BCUT2D eigenvalue weighted by Gasteiger charge is 2.05. The Morgan fingerprint density at radius 2 is 1.05 bits per heavy atom. The number of ether oxygens (including phenoxy) is 2. The Kier molecular flexibility index (Phi) is 12.2. The predicted octanol–water partition coefficient (Wildman–Crippen LogP) is 8.52. The van der Waals surface area contributed by atoms with Gasteiger partial charge in [0.2, 0.25) is 0 Å². The molecule has 3 rings (SSSR count). The lowest BCUT2D eigenvalue weighted by Crippen LogP contribution is -1.97. The minimum Gasteiger partial charge on any atom is -0.507 e. The first-order valence-corrected chi connectivity index (χ1v) is 13.7. The van der Waals surface area contributed by atoms with E-state index < -0.39 is 0 Å². The maximum atomic E-state index is 10.4. The van der Waals surface area contributed by atoms with Gasteiger partial charge < -0.3 is 19.7 Å². The van der Waals surface area contributed by atoms with Gasteiger partial charge in [-0.2, -0.15) is 0 Å². The van der Waals surface area contributed by atoms with E-state index in [2.05, 4.69) is 23.8 Å². The van der Waals surface area contributed by atoms with Gasteiger partial charge in [0.1, 0.15) is 23.0 Å². The van der Waals surface area contributed by atoms with Crippen LogP contribution in [0.2, 0.25) is 0 Å². The molecule has 0 saturated carbocycles. The van der Waals surface area contributed by atoms with Crippen molar-refractivity contribution in [1.82, 2.24) is 0 Å². The molecule has 0 heterocycles. The number of hydrogen-bond donors (Lipinski definition) is 2. The summed E-state index contributed by atoms with van der Waals surface area (Å²) >= 11 is 0. The summed E-state index contributed by atoms with van der Waals surface area (Å²) in [6.07, 6.45) is 12.3. The van der Waals surface area contributed by atoms with Crippen molar-refractivity contribution < 1.29 is 19.7 Å². The van der Waals surface area contributed by atoms with E-state index in [0.717, 1.165) is 25.7 Å². The van der Waals surface area contributed by atoms with Gasteiger partial charge in [0, 0.05) is 35.7 Å². The Balaban J connectivity index is 1.62. The molecule has 0 atom stereocenters. The number of unbranched alkanes of at least 4 members (excludes halogenated alkanes) is 6. The van der Waals surface area contributed by atoms with Gasteiger partial charge in [-0.15, -0.1) is 0 Å². The average molecular weight is 517 g/mol. The molecule has 3 aromatic rings. The van der Waals surface area contributed by atoms with Crippen molar-refractivity contribution in [2.45, 2.75) is 65.2 Å². The molecule has 0 saturated heterocycles. The third-order valence-corrected chi connectivity index (χ3v) is 6.10.